The fourth-order valence-corrected chi connectivity index (χ4v) is 2.93. The van der Waals surface area contributed by atoms with Crippen molar-refractivity contribution in [1.29, 1.82) is 0 Å². The van der Waals surface area contributed by atoms with Gasteiger partial charge in [-0.25, -0.2) is 0 Å². The zero-order valence-electron chi connectivity index (χ0n) is 13.1. The lowest BCUT2D eigenvalue weighted by atomic mass is 9.96. The Kier molecular flexibility index (Phi) is 3.68. The van der Waals surface area contributed by atoms with Gasteiger partial charge in [-0.1, -0.05) is 60.7 Å². The lowest BCUT2D eigenvalue weighted by molar-refractivity contribution is 0.818. The van der Waals surface area contributed by atoms with Gasteiger partial charge in [0.15, 0.2) is 5.43 Å². The quantitative estimate of drug-likeness (QED) is 0.688. The van der Waals surface area contributed by atoms with Crippen LogP contribution < -0.4 is 5.43 Å². The molecule has 0 radical (unpaired) electrons. The molecule has 0 saturated heterocycles. The first kappa shape index (κ1) is 14.3. The van der Waals surface area contributed by atoms with Crippen LogP contribution in [0.1, 0.15) is 11.4 Å². The lowest BCUT2D eigenvalue weighted by Crippen LogP contribution is -2.18. The molecule has 2 aromatic carbocycles. The normalized spacial score (nSPS) is 10.7. The van der Waals surface area contributed by atoms with E-state index in [9.17, 15) is 4.79 Å². The molecule has 3 rings (SSSR count). The Balaban J connectivity index is 2.39. The SMILES string of the molecule is Cc1c(-c2ccccc2)c(=O)c(-c2ccccc2)c(C)n1C. The molecule has 0 aliphatic rings. The van der Waals surface area contributed by atoms with Gasteiger partial charge in [0.2, 0.25) is 0 Å². The van der Waals surface area contributed by atoms with Gasteiger partial charge in [-0.05, 0) is 25.0 Å². The summed E-state index contributed by atoms with van der Waals surface area (Å²) in [6.07, 6.45) is 0. The van der Waals surface area contributed by atoms with E-state index in [1.165, 1.54) is 0 Å². The van der Waals surface area contributed by atoms with Crippen molar-refractivity contribution in [2.45, 2.75) is 13.8 Å². The van der Waals surface area contributed by atoms with Crippen LogP contribution in [0.5, 0.6) is 0 Å². The molecule has 0 aliphatic heterocycles. The van der Waals surface area contributed by atoms with Crippen molar-refractivity contribution in [2.75, 3.05) is 0 Å². The first-order chi connectivity index (χ1) is 10.6. The minimum Gasteiger partial charge on any atom is -0.351 e. The number of hydrogen-bond acceptors (Lipinski definition) is 1. The first-order valence-electron chi connectivity index (χ1n) is 7.42. The zero-order valence-corrected chi connectivity index (χ0v) is 13.1. The maximum atomic E-state index is 13.2. The molecular formula is C20H19NO. The van der Waals surface area contributed by atoms with Gasteiger partial charge >= 0.3 is 0 Å². The van der Waals surface area contributed by atoms with E-state index in [2.05, 4.69) is 4.57 Å². The van der Waals surface area contributed by atoms with Crippen LogP contribution in [-0.4, -0.2) is 4.57 Å². The third-order valence-corrected chi connectivity index (χ3v) is 4.31. The van der Waals surface area contributed by atoms with Crippen LogP contribution in [0.2, 0.25) is 0 Å². The van der Waals surface area contributed by atoms with Crippen LogP contribution in [0.25, 0.3) is 22.3 Å². The highest BCUT2D eigenvalue weighted by Gasteiger charge is 2.17. The summed E-state index contributed by atoms with van der Waals surface area (Å²) in [6, 6.07) is 19.8. The van der Waals surface area contributed by atoms with Crippen molar-refractivity contribution >= 4 is 0 Å². The van der Waals surface area contributed by atoms with Crippen LogP contribution in [0.15, 0.2) is 65.5 Å². The van der Waals surface area contributed by atoms with Crippen molar-refractivity contribution in [3.63, 3.8) is 0 Å². The maximum Gasteiger partial charge on any atom is 0.197 e. The summed E-state index contributed by atoms with van der Waals surface area (Å²) in [5, 5.41) is 0. The molecule has 0 spiro atoms. The molecule has 0 bridgehead atoms. The largest absolute Gasteiger partial charge is 0.351 e. The molecule has 0 N–H and O–H groups in total. The van der Waals surface area contributed by atoms with Crippen LogP contribution >= 0.6 is 0 Å². The predicted molar refractivity (Wildman–Crippen MR) is 92.0 cm³/mol. The Morgan fingerprint density at radius 1 is 0.682 bits per heavy atom. The fourth-order valence-electron chi connectivity index (χ4n) is 2.93. The van der Waals surface area contributed by atoms with Crippen molar-refractivity contribution in [1.82, 2.24) is 4.57 Å². The monoisotopic (exact) mass is 289 g/mol. The highest BCUT2D eigenvalue weighted by Crippen LogP contribution is 2.26. The summed E-state index contributed by atoms with van der Waals surface area (Å²) in [5.74, 6) is 0. The number of pyridine rings is 1. The second-order valence-corrected chi connectivity index (χ2v) is 5.54. The zero-order chi connectivity index (χ0) is 15.7. The molecule has 1 heterocycles. The average molecular weight is 289 g/mol. The predicted octanol–water partition coefficient (Wildman–Crippen LogP) is 4.34. The Labute approximate surface area is 130 Å². The standard InChI is InChI=1S/C20H19NO/c1-14-18(16-10-6-4-7-11-16)20(22)19(15(2)21(14)3)17-12-8-5-9-13-17/h4-13H,1-3H3. The summed E-state index contributed by atoms with van der Waals surface area (Å²) in [5.41, 5.74) is 5.60. The van der Waals surface area contributed by atoms with Gasteiger partial charge in [-0.3, -0.25) is 4.79 Å². The summed E-state index contributed by atoms with van der Waals surface area (Å²) in [6.45, 7) is 4.01. The highest BCUT2D eigenvalue weighted by molar-refractivity contribution is 5.75. The maximum absolute atomic E-state index is 13.2. The number of aromatic nitrogens is 1. The van der Waals surface area contributed by atoms with Gasteiger partial charge in [0.05, 0.1) is 0 Å². The third-order valence-electron chi connectivity index (χ3n) is 4.31. The smallest absolute Gasteiger partial charge is 0.197 e. The van der Waals surface area contributed by atoms with Crippen molar-refractivity contribution in [3.05, 3.63) is 82.3 Å². The average Bonchev–Trinajstić information content (AvgIpc) is 2.55. The van der Waals surface area contributed by atoms with Crippen molar-refractivity contribution in [3.8, 4) is 22.3 Å². The Morgan fingerprint density at radius 2 is 1.05 bits per heavy atom. The molecule has 2 nitrogen and oxygen atoms in total. The van der Waals surface area contributed by atoms with Crippen molar-refractivity contribution in [2.24, 2.45) is 7.05 Å². The Morgan fingerprint density at radius 3 is 1.41 bits per heavy atom. The topological polar surface area (TPSA) is 22.0 Å². The molecule has 2 heteroatoms. The molecule has 0 aliphatic carbocycles. The van der Waals surface area contributed by atoms with E-state index in [1.807, 2.05) is 81.6 Å². The molecule has 0 amide bonds. The summed E-state index contributed by atoms with van der Waals surface area (Å²) < 4.78 is 2.10. The molecule has 0 atom stereocenters. The van der Waals surface area contributed by atoms with Gasteiger partial charge in [0.1, 0.15) is 0 Å². The third kappa shape index (κ3) is 2.27. The van der Waals surface area contributed by atoms with Crippen LogP contribution in [0.3, 0.4) is 0 Å². The Hall–Kier alpha value is -2.61. The number of nitrogens with zero attached hydrogens (tertiary/aromatic N) is 1. The van der Waals surface area contributed by atoms with E-state index < -0.39 is 0 Å². The molecule has 110 valence electrons. The number of rotatable bonds is 2. The van der Waals surface area contributed by atoms with Crippen LogP contribution in [-0.2, 0) is 7.05 Å². The molecule has 0 unspecified atom stereocenters. The van der Waals surface area contributed by atoms with E-state index in [0.29, 0.717) is 0 Å². The van der Waals surface area contributed by atoms with E-state index in [0.717, 1.165) is 33.6 Å². The second-order valence-electron chi connectivity index (χ2n) is 5.54. The minimum absolute atomic E-state index is 0.102. The molecule has 0 fully saturated rings. The van der Waals surface area contributed by atoms with E-state index >= 15 is 0 Å². The second kappa shape index (κ2) is 5.64. The molecule has 1 aromatic heterocycles. The lowest BCUT2D eigenvalue weighted by Gasteiger charge is -2.18. The van der Waals surface area contributed by atoms with E-state index in [-0.39, 0.29) is 5.43 Å². The van der Waals surface area contributed by atoms with Gasteiger partial charge in [-0.2, -0.15) is 0 Å². The molecule has 0 saturated carbocycles. The van der Waals surface area contributed by atoms with Crippen LogP contribution in [0.4, 0.5) is 0 Å². The summed E-state index contributed by atoms with van der Waals surface area (Å²) in [4.78, 5) is 13.2. The highest BCUT2D eigenvalue weighted by atomic mass is 16.1. The fraction of sp³-hybridized carbons (Fsp3) is 0.150. The van der Waals surface area contributed by atoms with Gasteiger partial charge in [0.25, 0.3) is 0 Å². The molecular weight excluding hydrogens is 270 g/mol. The summed E-state index contributed by atoms with van der Waals surface area (Å²) >= 11 is 0. The van der Waals surface area contributed by atoms with Gasteiger partial charge in [-0.15, -0.1) is 0 Å². The van der Waals surface area contributed by atoms with Gasteiger partial charge in [0, 0.05) is 29.6 Å². The first-order valence-corrected chi connectivity index (χ1v) is 7.42. The molecule has 3 aromatic rings. The van der Waals surface area contributed by atoms with E-state index in [1.54, 1.807) is 0 Å². The number of benzene rings is 2. The summed E-state index contributed by atoms with van der Waals surface area (Å²) in [7, 11) is 2.02. The van der Waals surface area contributed by atoms with Gasteiger partial charge < -0.3 is 4.57 Å². The van der Waals surface area contributed by atoms with Crippen LogP contribution in [0, 0.1) is 13.8 Å². The minimum atomic E-state index is 0.102. The van der Waals surface area contributed by atoms with Crippen molar-refractivity contribution < 1.29 is 0 Å². The molecule has 22 heavy (non-hydrogen) atoms. The Bertz CT molecular complexity index is 792. The van der Waals surface area contributed by atoms with E-state index in [4.69, 9.17) is 0 Å². The number of hydrogen-bond donors (Lipinski definition) is 0.